The molecule has 0 aromatic heterocycles. The number of para-hydroxylation sites is 2. The van der Waals surface area contributed by atoms with Gasteiger partial charge in [0.25, 0.3) is 0 Å². The van der Waals surface area contributed by atoms with Crippen LogP contribution < -0.4 is 31.9 Å². The maximum atomic E-state index is 14.4. The molecule has 0 radical (unpaired) electrons. The molecule has 15 heteroatoms. The number of rotatable bonds is 13. The molecule has 4 aliphatic rings. The first-order chi connectivity index (χ1) is 28.0. The van der Waals surface area contributed by atoms with E-state index in [1.165, 1.54) is 0 Å². The lowest BCUT2D eigenvalue weighted by Crippen LogP contribution is -2.57. The third kappa shape index (κ3) is 10.1. The van der Waals surface area contributed by atoms with E-state index >= 15 is 0 Å². The Morgan fingerprint density at radius 2 is 1.20 bits per heavy atom. The average Bonchev–Trinajstić information content (AvgIpc) is 3.46. The van der Waals surface area contributed by atoms with E-state index in [4.69, 9.17) is 0 Å². The molecular weight excluding hydrogens is 785 g/mol. The van der Waals surface area contributed by atoms with Crippen molar-refractivity contribution in [3.05, 3.63) is 59.7 Å². The Hall–Kier alpha value is -3.63. The van der Waals surface area contributed by atoms with Gasteiger partial charge in [0.2, 0.25) is 29.5 Å². The third-order valence-corrected chi connectivity index (χ3v) is 15.2. The van der Waals surface area contributed by atoms with Crippen molar-refractivity contribution in [1.29, 1.82) is 0 Å². The Bertz CT molecular complexity index is 1880. The van der Waals surface area contributed by atoms with Gasteiger partial charge in [0, 0.05) is 24.0 Å². The number of amides is 5. The highest BCUT2D eigenvalue weighted by atomic mass is 32.2. The zero-order valence-corrected chi connectivity index (χ0v) is 37.5. The van der Waals surface area contributed by atoms with Crippen LogP contribution in [0.1, 0.15) is 78.4 Å². The van der Waals surface area contributed by atoms with Gasteiger partial charge in [0.05, 0.1) is 28.9 Å². The lowest BCUT2D eigenvalue weighted by Gasteiger charge is -2.34. The van der Waals surface area contributed by atoms with E-state index in [2.05, 4.69) is 50.6 Å². The number of hydrogen-bond acceptors (Lipinski definition) is 10. The lowest BCUT2D eigenvalue weighted by atomic mass is 9.84. The fourth-order valence-electron chi connectivity index (χ4n) is 9.12. The molecule has 13 nitrogen and oxygen atoms in total. The van der Waals surface area contributed by atoms with Gasteiger partial charge in [-0.3, -0.25) is 28.9 Å². The minimum absolute atomic E-state index is 0.0338. The molecule has 5 amide bonds. The highest BCUT2D eigenvalue weighted by Crippen LogP contribution is 2.48. The normalized spacial score (nSPS) is 27.3. The molecule has 2 aromatic carbocycles. The molecule has 4 heterocycles. The number of fused-ring (bicyclic) bond motifs is 2. The van der Waals surface area contributed by atoms with Crippen LogP contribution >= 0.6 is 23.5 Å². The molecule has 6 N–H and O–H groups in total. The summed E-state index contributed by atoms with van der Waals surface area (Å²) in [5.41, 5.74) is 2.60. The summed E-state index contributed by atoms with van der Waals surface area (Å²) < 4.78 is 0. The van der Waals surface area contributed by atoms with Crippen LogP contribution in [0.5, 0.6) is 0 Å². The molecule has 4 aliphatic heterocycles. The number of carbonyl (C=O) groups excluding carboxylic acids is 5. The van der Waals surface area contributed by atoms with Crippen molar-refractivity contribution >= 4 is 64.4 Å². The molecule has 0 bridgehead atoms. The van der Waals surface area contributed by atoms with Crippen LogP contribution in [0.3, 0.4) is 0 Å². The number of nitrogens with one attached hydrogen (secondary N) is 6. The fourth-order valence-corrected chi connectivity index (χ4v) is 12.3. The molecule has 0 saturated carbocycles. The predicted octanol–water partition coefficient (Wildman–Crippen LogP) is 4.19. The highest BCUT2D eigenvalue weighted by molar-refractivity contribution is 8.00. The highest BCUT2D eigenvalue weighted by Gasteiger charge is 2.55. The van der Waals surface area contributed by atoms with E-state index in [0.717, 1.165) is 35.4 Å². The van der Waals surface area contributed by atoms with Gasteiger partial charge in [-0.05, 0) is 112 Å². The second-order valence-electron chi connectivity index (χ2n) is 17.9. The summed E-state index contributed by atoms with van der Waals surface area (Å²) in [4.78, 5) is 72.4. The van der Waals surface area contributed by atoms with E-state index in [1.54, 1.807) is 37.7 Å². The molecule has 0 unspecified atom stereocenters. The van der Waals surface area contributed by atoms with Crippen molar-refractivity contribution in [2.75, 3.05) is 42.8 Å². The molecule has 4 fully saturated rings. The monoisotopic (exact) mass is 848 g/mol. The summed E-state index contributed by atoms with van der Waals surface area (Å²) >= 11 is 3.55. The second kappa shape index (κ2) is 19.0. The maximum Gasteiger partial charge on any atom is 0.247 e. The molecule has 59 heavy (non-hydrogen) atoms. The van der Waals surface area contributed by atoms with Crippen LogP contribution in [-0.2, 0) is 36.8 Å². The van der Waals surface area contributed by atoms with Gasteiger partial charge in [-0.1, -0.05) is 64.1 Å². The quantitative estimate of drug-likeness (QED) is 0.173. The molecule has 8 atom stereocenters. The zero-order chi connectivity index (χ0) is 42.6. The molecule has 0 spiro atoms. The van der Waals surface area contributed by atoms with Crippen molar-refractivity contribution in [2.45, 2.75) is 127 Å². The van der Waals surface area contributed by atoms with Crippen molar-refractivity contribution in [3.8, 4) is 0 Å². The van der Waals surface area contributed by atoms with Gasteiger partial charge in [0.15, 0.2) is 0 Å². The van der Waals surface area contributed by atoms with Crippen LogP contribution in [0, 0.1) is 10.8 Å². The largest absolute Gasteiger partial charge is 0.351 e. The van der Waals surface area contributed by atoms with Crippen molar-refractivity contribution in [2.24, 2.45) is 10.8 Å². The van der Waals surface area contributed by atoms with E-state index in [1.807, 2.05) is 81.1 Å². The van der Waals surface area contributed by atoms with E-state index < -0.39 is 23.5 Å². The summed E-state index contributed by atoms with van der Waals surface area (Å²) in [6.07, 6.45) is 4.12. The Morgan fingerprint density at radius 1 is 0.712 bits per heavy atom. The first-order valence-electron chi connectivity index (χ1n) is 21.1. The van der Waals surface area contributed by atoms with E-state index in [-0.39, 0.29) is 63.8 Å². The number of anilines is 2. The van der Waals surface area contributed by atoms with Crippen LogP contribution in [0.2, 0.25) is 0 Å². The summed E-state index contributed by atoms with van der Waals surface area (Å²) in [6, 6.07) is 13.1. The Balaban J connectivity index is 1.15. The molecular formula is C44H64N8O5S2. The number of nitrogens with zero attached hydrogens (tertiary/aromatic N) is 2. The van der Waals surface area contributed by atoms with Crippen LogP contribution in [-0.4, -0.2) is 118 Å². The van der Waals surface area contributed by atoms with Crippen molar-refractivity contribution in [3.63, 3.8) is 0 Å². The summed E-state index contributed by atoms with van der Waals surface area (Å²) in [6.45, 7) is 12.6. The van der Waals surface area contributed by atoms with Crippen LogP contribution in [0.15, 0.2) is 48.5 Å². The smallest absolute Gasteiger partial charge is 0.247 e. The summed E-state index contributed by atoms with van der Waals surface area (Å²) in [7, 11) is 3.48. The number of hydrogen-bond donors (Lipinski definition) is 6. The second-order valence-corrected chi connectivity index (χ2v) is 20.5. The summed E-state index contributed by atoms with van der Waals surface area (Å²) in [5, 5.41) is 18.6. The zero-order valence-electron chi connectivity index (χ0n) is 35.9. The van der Waals surface area contributed by atoms with Crippen molar-refractivity contribution < 1.29 is 24.0 Å². The van der Waals surface area contributed by atoms with Gasteiger partial charge < -0.3 is 36.8 Å². The number of benzene rings is 2. The van der Waals surface area contributed by atoms with Gasteiger partial charge in [-0.2, -0.15) is 0 Å². The average molecular weight is 849 g/mol. The standard InChI is InChI=1S/C44H64N8O5S2/c1-26(45-7)38(53)47-30-19-21-58-34-23-43(3,4)36(51(34)25-30)40(55)48-31-15-11-9-13-28(31)17-18-29-14-10-12-16-32(29)49-41(56)37-44(5,6)24-35-52(37)42(57)33(20-22-59-35)50-39(54)27(2)46-8/h9-16,26-27,30,33-37,45-46H,17-25H2,1-8H3,(H,47,53)(H,48,55)(H,49,56)(H,50,54)/t26-,27-,30-,33-,34-,35-,36+,37+/m0/s1. The molecule has 4 saturated heterocycles. The van der Waals surface area contributed by atoms with Gasteiger partial charge >= 0.3 is 0 Å². The molecule has 322 valence electrons. The predicted molar refractivity (Wildman–Crippen MR) is 238 cm³/mol. The topological polar surface area (TPSA) is 164 Å². The van der Waals surface area contributed by atoms with E-state index in [9.17, 15) is 24.0 Å². The SMILES string of the molecule is CN[C@@H](C)C(=O)N[C@H]1CCS[C@H]2CC(C)(C)[C@@H](C(=O)Nc3ccccc3CCc3ccccc3NC(=O)[C@H]3N4C(=O)[C@@H](NC(=O)[C@H](C)NC)CCS[C@H]4CC3(C)C)N2C1. The Labute approximate surface area is 358 Å². The minimum atomic E-state index is -0.721. The van der Waals surface area contributed by atoms with Gasteiger partial charge in [-0.25, -0.2) is 0 Å². The van der Waals surface area contributed by atoms with Crippen LogP contribution in [0.4, 0.5) is 11.4 Å². The van der Waals surface area contributed by atoms with E-state index in [0.29, 0.717) is 43.7 Å². The fraction of sp³-hybridized carbons (Fsp3) is 0.614. The molecule has 2 aromatic rings. The Morgan fingerprint density at radius 3 is 1.80 bits per heavy atom. The number of thioether (sulfide) groups is 2. The van der Waals surface area contributed by atoms with Crippen molar-refractivity contribution in [1.82, 2.24) is 31.1 Å². The van der Waals surface area contributed by atoms with Crippen LogP contribution in [0.25, 0.3) is 0 Å². The lowest BCUT2D eigenvalue weighted by molar-refractivity contribution is -0.142. The number of likely N-dealkylation sites (N-methyl/N-ethyl adjacent to an activating group) is 2. The first kappa shape index (κ1) is 44.9. The minimum Gasteiger partial charge on any atom is -0.351 e. The Kier molecular flexibility index (Phi) is 14.4. The maximum absolute atomic E-state index is 14.4. The van der Waals surface area contributed by atoms with Gasteiger partial charge in [0.1, 0.15) is 12.1 Å². The summed E-state index contributed by atoms with van der Waals surface area (Å²) in [5.74, 6) is 0.829. The first-order valence-corrected chi connectivity index (χ1v) is 23.2. The number of aryl methyl sites for hydroxylation is 2. The third-order valence-electron chi connectivity index (χ3n) is 12.7. The molecule has 6 rings (SSSR count). The number of carbonyl (C=O) groups is 5. The van der Waals surface area contributed by atoms with Gasteiger partial charge in [-0.15, -0.1) is 23.5 Å². The molecule has 0 aliphatic carbocycles.